The van der Waals surface area contributed by atoms with Crippen molar-refractivity contribution in [2.75, 3.05) is 31.1 Å². The number of hydrogen-bond acceptors (Lipinski definition) is 3. The zero-order valence-corrected chi connectivity index (χ0v) is 12.0. The molecule has 2 heterocycles. The molecule has 1 amide bonds. The SMILES string of the molecule is Cc1cccc(N2CC3(CCCNCC3)OCC2=O)c1. The van der Waals surface area contributed by atoms with Crippen molar-refractivity contribution in [3.63, 3.8) is 0 Å². The number of morpholine rings is 1. The van der Waals surface area contributed by atoms with Gasteiger partial charge in [-0.25, -0.2) is 0 Å². The van der Waals surface area contributed by atoms with E-state index in [1.54, 1.807) is 0 Å². The number of benzene rings is 1. The smallest absolute Gasteiger partial charge is 0.253 e. The van der Waals surface area contributed by atoms with Crippen molar-refractivity contribution in [1.29, 1.82) is 0 Å². The minimum absolute atomic E-state index is 0.0680. The molecule has 0 radical (unpaired) electrons. The second-order valence-electron chi connectivity index (χ2n) is 5.89. The van der Waals surface area contributed by atoms with Gasteiger partial charge in [0.15, 0.2) is 0 Å². The number of carbonyl (C=O) groups is 1. The fourth-order valence-electron chi connectivity index (χ4n) is 3.15. The number of amides is 1. The van der Waals surface area contributed by atoms with Crippen LogP contribution in [0.25, 0.3) is 0 Å². The van der Waals surface area contributed by atoms with E-state index in [4.69, 9.17) is 4.74 Å². The molecule has 108 valence electrons. The normalized spacial score (nSPS) is 27.6. The van der Waals surface area contributed by atoms with E-state index in [-0.39, 0.29) is 18.1 Å². The van der Waals surface area contributed by atoms with Crippen molar-refractivity contribution in [2.24, 2.45) is 0 Å². The summed E-state index contributed by atoms with van der Waals surface area (Å²) in [6.07, 6.45) is 3.11. The Labute approximate surface area is 120 Å². The Morgan fingerprint density at radius 2 is 2.20 bits per heavy atom. The molecule has 2 aliphatic rings. The molecule has 0 aliphatic carbocycles. The maximum Gasteiger partial charge on any atom is 0.253 e. The van der Waals surface area contributed by atoms with E-state index in [0.717, 1.165) is 38.0 Å². The lowest BCUT2D eigenvalue weighted by Crippen LogP contribution is -2.55. The highest BCUT2D eigenvalue weighted by molar-refractivity contribution is 5.95. The van der Waals surface area contributed by atoms with Gasteiger partial charge in [-0.3, -0.25) is 4.79 Å². The van der Waals surface area contributed by atoms with E-state index >= 15 is 0 Å². The summed E-state index contributed by atoms with van der Waals surface area (Å²) < 4.78 is 5.95. The van der Waals surface area contributed by atoms with Crippen LogP contribution < -0.4 is 10.2 Å². The molecule has 1 spiro atoms. The fraction of sp³-hybridized carbons (Fsp3) is 0.562. The molecular weight excluding hydrogens is 252 g/mol. The van der Waals surface area contributed by atoms with Crippen LogP contribution in [0, 0.1) is 6.92 Å². The van der Waals surface area contributed by atoms with Crippen molar-refractivity contribution in [1.82, 2.24) is 5.32 Å². The summed E-state index contributed by atoms with van der Waals surface area (Å²) in [6, 6.07) is 8.15. The van der Waals surface area contributed by atoms with Gasteiger partial charge in [-0.2, -0.15) is 0 Å². The van der Waals surface area contributed by atoms with Gasteiger partial charge >= 0.3 is 0 Å². The molecule has 4 heteroatoms. The summed E-state index contributed by atoms with van der Waals surface area (Å²) in [5.41, 5.74) is 2.01. The van der Waals surface area contributed by atoms with Crippen LogP contribution in [-0.2, 0) is 9.53 Å². The number of anilines is 1. The van der Waals surface area contributed by atoms with Crippen molar-refractivity contribution in [3.8, 4) is 0 Å². The number of nitrogens with zero attached hydrogens (tertiary/aromatic N) is 1. The van der Waals surface area contributed by atoms with E-state index < -0.39 is 0 Å². The molecular formula is C16H22N2O2. The van der Waals surface area contributed by atoms with Gasteiger partial charge in [0.1, 0.15) is 6.61 Å². The summed E-state index contributed by atoms with van der Waals surface area (Å²) in [4.78, 5) is 14.1. The monoisotopic (exact) mass is 274 g/mol. The molecule has 0 aromatic heterocycles. The molecule has 1 aromatic carbocycles. The first kappa shape index (κ1) is 13.6. The van der Waals surface area contributed by atoms with Gasteiger partial charge in [0, 0.05) is 5.69 Å². The molecule has 1 aromatic rings. The Bertz CT molecular complexity index is 493. The minimum atomic E-state index is -0.166. The highest BCUT2D eigenvalue weighted by Crippen LogP contribution is 2.31. The maximum absolute atomic E-state index is 12.2. The Kier molecular flexibility index (Phi) is 3.76. The van der Waals surface area contributed by atoms with E-state index in [1.807, 2.05) is 17.0 Å². The van der Waals surface area contributed by atoms with Gasteiger partial charge in [0.2, 0.25) is 0 Å². The third kappa shape index (κ3) is 2.72. The van der Waals surface area contributed by atoms with Crippen LogP contribution in [0.2, 0.25) is 0 Å². The Hall–Kier alpha value is -1.39. The highest BCUT2D eigenvalue weighted by Gasteiger charge is 2.40. The molecule has 2 fully saturated rings. The summed E-state index contributed by atoms with van der Waals surface area (Å²) in [5.74, 6) is 0.0680. The predicted molar refractivity (Wildman–Crippen MR) is 78.9 cm³/mol. The number of ether oxygens (including phenoxy) is 1. The van der Waals surface area contributed by atoms with Gasteiger partial charge in [-0.15, -0.1) is 0 Å². The molecule has 1 atom stereocenters. The van der Waals surface area contributed by atoms with E-state index in [0.29, 0.717) is 6.54 Å². The number of carbonyl (C=O) groups excluding carboxylic acids is 1. The van der Waals surface area contributed by atoms with Crippen LogP contribution in [0.4, 0.5) is 5.69 Å². The van der Waals surface area contributed by atoms with E-state index in [1.165, 1.54) is 5.56 Å². The van der Waals surface area contributed by atoms with E-state index in [2.05, 4.69) is 24.4 Å². The molecule has 4 nitrogen and oxygen atoms in total. The zero-order valence-electron chi connectivity index (χ0n) is 12.0. The Balaban J connectivity index is 1.84. The average Bonchev–Trinajstić information content (AvgIpc) is 2.68. The fourth-order valence-corrected chi connectivity index (χ4v) is 3.15. The number of rotatable bonds is 1. The van der Waals surface area contributed by atoms with Crippen LogP contribution in [-0.4, -0.2) is 37.7 Å². The lowest BCUT2D eigenvalue weighted by atomic mass is 9.92. The first-order valence-corrected chi connectivity index (χ1v) is 7.40. The van der Waals surface area contributed by atoms with Crippen LogP contribution in [0.1, 0.15) is 24.8 Å². The van der Waals surface area contributed by atoms with Crippen LogP contribution in [0.3, 0.4) is 0 Å². The predicted octanol–water partition coefficient (Wildman–Crippen LogP) is 1.87. The quantitative estimate of drug-likeness (QED) is 0.850. The Morgan fingerprint density at radius 1 is 1.30 bits per heavy atom. The van der Waals surface area contributed by atoms with Crippen molar-refractivity contribution in [2.45, 2.75) is 31.8 Å². The summed E-state index contributed by atoms with van der Waals surface area (Å²) in [7, 11) is 0. The average molecular weight is 274 g/mol. The lowest BCUT2D eigenvalue weighted by molar-refractivity contribution is -0.139. The standard InChI is InChI=1S/C16H22N2O2/c1-13-4-2-5-14(10-13)18-12-16(20-11-15(18)19)6-3-8-17-9-7-16/h2,4-5,10,17H,3,6-9,11-12H2,1H3. The molecule has 2 aliphatic heterocycles. The van der Waals surface area contributed by atoms with Crippen LogP contribution in [0.5, 0.6) is 0 Å². The first-order chi connectivity index (χ1) is 9.69. The molecule has 1 N–H and O–H groups in total. The number of nitrogens with one attached hydrogen (secondary N) is 1. The van der Waals surface area contributed by atoms with Crippen molar-refractivity contribution in [3.05, 3.63) is 29.8 Å². The van der Waals surface area contributed by atoms with Gasteiger partial charge in [0.05, 0.1) is 12.1 Å². The third-order valence-electron chi connectivity index (χ3n) is 4.31. The van der Waals surface area contributed by atoms with Gasteiger partial charge in [-0.05, 0) is 57.0 Å². The summed E-state index contributed by atoms with van der Waals surface area (Å²) in [6.45, 7) is 4.95. The first-order valence-electron chi connectivity index (χ1n) is 7.40. The maximum atomic E-state index is 12.2. The number of hydrogen-bond donors (Lipinski definition) is 1. The summed E-state index contributed by atoms with van der Waals surface area (Å²) in [5, 5.41) is 3.41. The third-order valence-corrected chi connectivity index (χ3v) is 4.31. The minimum Gasteiger partial charge on any atom is -0.363 e. The lowest BCUT2D eigenvalue weighted by Gasteiger charge is -2.42. The molecule has 0 bridgehead atoms. The molecule has 20 heavy (non-hydrogen) atoms. The van der Waals surface area contributed by atoms with Crippen molar-refractivity contribution < 1.29 is 9.53 Å². The summed E-state index contributed by atoms with van der Waals surface area (Å²) >= 11 is 0. The molecule has 2 saturated heterocycles. The molecule has 3 rings (SSSR count). The van der Waals surface area contributed by atoms with Gasteiger partial charge in [0.25, 0.3) is 5.91 Å². The topological polar surface area (TPSA) is 41.6 Å². The second-order valence-corrected chi connectivity index (χ2v) is 5.89. The molecule has 1 unspecified atom stereocenters. The molecule has 0 saturated carbocycles. The zero-order chi connectivity index (χ0) is 14.0. The largest absolute Gasteiger partial charge is 0.363 e. The van der Waals surface area contributed by atoms with E-state index in [9.17, 15) is 4.79 Å². The highest BCUT2D eigenvalue weighted by atomic mass is 16.5. The van der Waals surface area contributed by atoms with Crippen LogP contribution >= 0.6 is 0 Å². The van der Waals surface area contributed by atoms with Crippen LogP contribution in [0.15, 0.2) is 24.3 Å². The van der Waals surface area contributed by atoms with Crippen molar-refractivity contribution >= 4 is 11.6 Å². The van der Waals surface area contributed by atoms with Gasteiger partial charge < -0.3 is 15.0 Å². The van der Waals surface area contributed by atoms with Gasteiger partial charge in [-0.1, -0.05) is 12.1 Å². The second kappa shape index (κ2) is 5.54. The Morgan fingerprint density at radius 3 is 3.05 bits per heavy atom. The number of aryl methyl sites for hydroxylation is 1.